The number of anilines is 2. The fourth-order valence-corrected chi connectivity index (χ4v) is 3.53. The largest absolute Gasteiger partial charge is 0.481 e. The lowest BCUT2D eigenvalue weighted by Crippen LogP contribution is -2.26. The zero-order chi connectivity index (χ0) is 23.3. The third-order valence-electron chi connectivity index (χ3n) is 4.67. The van der Waals surface area contributed by atoms with Crippen molar-refractivity contribution < 1.29 is 27.9 Å². The number of nitrogens with one attached hydrogen (secondary N) is 1. The minimum absolute atomic E-state index is 0.102. The predicted molar refractivity (Wildman–Crippen MR) is 123 cm³/mol. The van der Waals surface area contributed by atoms with Crippen molar-refractivity contribution in [2.45, 2.75) is 0 Å². The maximum absolute atomic E-state index is 13.0. The third-order valence-corrected chi connectivity index (χ3v) is 5.86. The molecule has 0 saturated heterocycles. The van der Waals surface area contributed by atoms with E-state index in [1.807, 2.05) is 30.3 Å². The van der Waals surface area contributed by atoms with Crippen molar-refractivity contribution in [1.29, 1.82) is 0 Å². The van der Waals surface area contributed by atoms with Crippen molar-refractivity contribution in [2.75, 3.05) is 29.5 Å². The van der Waals surface area contributed by atoms with Crippen LogP contribution in [0.25, 0.3) is 11.1 Å². The highest BCUT2D eigenvalue weighted by Crippen LogP contribution is 2.33. The molecule has 0 bridgehead atoms. The van der Waals surface area contributed by atoms with Gasteiger partial charge in [0.05, 0.1) is 23.2 Å². The van der Waals surface area contributed by atoms with Gasteiger partial charge in [-0.2, -0.15) is 0 Å². The minimum atomic E-state index is -3.59. The van der Waals surface area contributed by atoms with Crippen LogP contribution in [0.3, 0.4) is 0 Å². The molecule has 3 aromatic carbocycles. The van der Waals surface area contributed by atoms with Crippen LogP contribution < -0.4 is 14.4 Å². The summed E-state index contributed by atoms with van der Waals surface area (Å²) in [4.78, 5) is 23.9. The number of para-hydroxylation sites is 1. The summed E-state index contributed by atoms with van der Waals surface area (Å²) in [6.45, 7) is -0.601. The van der Waals surface area contributed by atoms with Gasteiger partial charge in [0, 0.05) is 7.05 Å². The number of carbonyl (C=O) groups excluding carboxylic acids is 1. The number of nitrogens with zero attached hydrogens (tertiary/aromatic N) is 1. The number of carbonyl (C=O) groups is 2. The van der Waals surface area contributed by atoms with Crippen molar-refractivity contribution >= 4 is 33.3 Å². The van der Waals surface area contributed by atoms with Crippen LogP contribution in [0.1, 0.15) is 10.4 Å². The Kier molecular flexibility index (Phi) is 6.79. The summed E-state index contributed by atoms with van der Waals surface area (Å²) in [5.74, 6) is -1.64. The molecule has 0 heterocycles. The predicted octanol–water partition coefficient (Wildman–Crippen LogP) is 3.47. The molecule has 0 fully saturated rings. The molecule has 0 aliphatic heterocycles. The molecule has 166 valence electrons. The van der Waals surface area contributed by atoms with Gasteiger partial charge >= 0.3 is 5.97 Å². The number of benzene rings is 3. The van der Waals surface area contributed by atoms with Crippen LogP contribution >= 0.6 is 0 Å². The van der Waals surface area contributed by atoms with E-state index in [0.717, 1.165) is 21.7 Å². The second kappa shape index (κ2) is 9.52. The molecule has 3 aromatic rings. The van der Waals surface area contributed by atoms with Crippen molar-refractivity contribution in [2.24, 2.45) is 0 Å². The lowest BCUT2D eigenvalue weighted by molar-refractivity contribution is -0.139. The average molecular weight is 455 g/mol. The van der Waals surface area contributed by atoms with Crippen LogP contribution in [0, 0.1) is 0 Å². The van der Waals surface area contributed by atoms with Crippen LogP contribution in [-0.2, 0) is 14.8 Å². The Bertz CT molecular complexity index is 1240. The molecule has 0 saturated carbocycles. The fraction of sp³-hybridized carbons (Fsp3) is 0.130. The second-order valence-electron chi connectivity index (χ2n) is 6.96. The molecule has 8 nitrogen and oxygen atoms in total. The second-order valence-corrected chi connectivity index (χ2v) is 8.97. The van der Waals surface area contributed by atoms with Gasteiger partial charge in [0.25, 0.3) is 5.91 Å². The Morgan fingerprint density at radius 2 is 1.62 bits per heavy atom. The number of hydrogen-bond acceptors (Lipinski definition) is 5. The van der Waals surface area contributed by atoms with Gasteiger partial charge in [-0.1, -0.05) is 48.5 Å². The average Bonchev–Trinajstić information content (AvgIpc) is 2.77. The van der Waals surface area contributed by atoms with E-state index in [0.29, 0.717) is 0 Å². The van der Waals surface area contributed by atoms with E-state index >= 15 is 0 Å². The van der Waals surface area contributed by atoms with E-state index in [2.05, 4.69) is 5.32 Å². The highest BCUT2D eigenvalue weighted by atomic mass is 32.2. The smallest absolute Gasteiger partial charge is 0.341 e. The molecule has 0 radical (unpaired) electrons. The molecule has 9 heteroatoms. The van der Waals surface area contributed by atoms with E-state index in [1.165, 1.54) is 19.2 Å². The molecule has 0 unspecified atom stereocenters. The number of carboxylic acid groups (broad SMARTS) is 1. The highest BCUT2D eigenvalue weighted by molar-refractivity contribution is 7.92. The standard InChI is InChI=1S/C23H22N2O6S/c1-25(32(2,29)30)20-13-12-17(16-8-4-3-5-9-16)14-19(20)24-23(28)18-10-6-7-11-21(18)31-15-22(26)27/h3-14H,15H2,1-2H3,(H,24,28)(H,26,27). The molecule has 0 atom stereocenters. The first-order chi connectivity index (χ1) is 15.2. The van der Waals surface area contributed by atoms with Crippen LogP contribution in [0.2, 0.25) is 0 Å². The van der Waals surface area contributed by atoms with E-state index in [4.69, 9.17) is 9.84 Å². The van der Waals surface area contributed by atoms with Gasteiger partial charge in [0.2, 0.25) is 10.0 Å². The lowest BCUT2D eigenvalue weighted by Gasteiger charge is -2.22. The van der Waals surface area contributed by atoms with Crippen molar-refractivity contribution in [3.63, 3.8) is 0 Å². The number of hydrogen-bond donors (Lipinski definition) is 2. The first-order valence-electron chi connectivity index (χ1n) is 9.55. The molecular formula is C23H22N2O6S. The van der Waals surface area contributed by atoms with Gasteiger partial charge in [-0.3, -0.25) is 9.10 Å². The van der Waals surface area contributed by atoms with Crippen LogP contribution in [0.4, 0.5) is 11.4 Å². The molecule has 0 aromatic heterocycles. The van der Waals surface area contributed by atoms with Gasteiger partial charge in [-0.15, -0.1) is 0 Å². The van der Waals surface area contributed by atoms with Crippen LogP contribution in [0.5, 0.6) is 5.75 Å². The number of ether oxygens (including phenoxy) is 1. The fourth-order valence-electron chi connectivity index (χ4n) is 3.01. The van der Waals surface area contributed by atoms with Gasteiger partial charge in [0.1, 0.15) is 5.75 Å². The molecular weight excluding hydrogens is 432 g/mol. The third kappa shape index (κ3) is 5.44. The molecule has 0 aliphatic rings. The molecule has 1 amide bonds. The summed E-state index contributed by atoms with van der Waals surface area (Å²) >= 11 is 0. The first-order valence-corrected chi connectivity index (χ1v) is 11.4. The summed E-state index contributed by atoms with van der Waals surface area (Å²) in [6.07, 6.45) is 1.07. The number of aliphatic carboxylic acids is 1. The monoisotopic (exact) mass is 454 g/mol. The highest BCUT2D eigenvalue weighted by Gasteiger charge is 2.20. The van der Waals surface area contributed by atoms with Crippen molar-refractivity contribution in [3.8, 4) is 16.9 Å². The zero-order valence-corrected chi connectivity index (χ0v) is 18.3. The molecule has 0 aliphatic carbocycles. The van der Waals surface area contributed by atoms with Crippen LogP contribution in [-0.4, -0.2) is 45.3 Å². The Hall–Kier alpha value is -3.85. The van der Waals surface area contributed by atoms with Crippen molar-refractivity contribution in [1.82, 2.24) is 0 Å². The quantitative estimate of drug-likeness (QED) is 0.539. The SMILES string of the molecule is CN(c1ccc(-c2ccccc2)cc1NC(=O)c1ccccc1OCC(=O)O)S(C)(=O)=O. The molecule has 32 heavy (non-hydrogen) atoms. The topological polar surface area (TPSA) is 113 Å². The van der Waals surface area contributed by atoms with Gasteiger partial charge in [0.15, 0.2) is 6.61 Å². The van der Waals surface area contributed by atoms with E-state index in [9.17, 15) is 18.0 Å². The molecule has 0 spiro atoms. The summed E-state index contributed by atoms with van der Waals surface area (Å²) in [5.41, 5.74) is 2.34. The number of carboxylic acids is 1. The number of sulfonamides is 1. The van der Waals surface area contributed by atoms with Gasteiger partial charge in [-0.05, 0) is 35.4 Å². The normalized spacial score (nSPS) is 10.9. The Morgan fingerprint density at radius 3 is 2.28 bits per heavy atom. The Morgan fingerprint density at radius 1 is 0.969 bits per heavy atom. The number of rotatable bonds is 8. The molecule has 3 rings (SSSR count). The lowest BCUT2D eigenvalue weighted by atomic mass is 10.0. The Labute approximate surface area is 186 Å². The summed E-state index contributed by atoms with van der Waals surface area (Å²) < 4.78 is 30.6. The van der Waals surface area contributed by atoms with E-state index in [1.54, 1.807) is 30.3 Å². The number of amides is 1. The molecule has 2 N–H and O–H groups in total. The minimum Gasteiger partial charge on any atom is -0.481 e. The van der Waals surface area contributed by atoms with Gasteiger partial charge < -0.3 is 15.2 Å². The van der Waals surface area contributed by atoms with E-state index < -0.39 is 28.5 Å². The summed E-state index contributed by atoms with van der Waals surface area (Å²) in [7, 11) is -2.20. The van der Waals surface area contributed by atoms with Crippen molar-refractivity contribution in [3.05, 3.63) is 78.4 Å². The first kappa shape index (κ1) is 22.8. The summed E-state index contributed by atoms with van der Waals surface area (Å²) in [5, 5.41) is 11.6. The maximum atomic E-state index is 13.0. The Balaban J connectivity index is 2.02. The maximum Gasteiger partial charge on any atom is 0.341 e. The van der Waals surface area contributed by atoms with E-state index in [-0.39, 0.29) is 22.7 Å². The zero-order valence-electron chi connectivity index (χ0n) is 17.5. The van der Waals surface area contributed by atoms with Crippen LogP contribution in [0.15, 0.2) is 72.8 Å². The summed E-state index contributed by atoms with van der Waals surface area (Å²) in [6, 6.07) is 20.7. The van der Waals surface area contributed by atoms with Gasteiger partial charge in [-0.25, -0.2) is 13.2 Å².